The number of nitrogens with two attached hydrogens (primary N) is 1. The number of hydrogen-bond acceptors (Lipinski definition) is 4. The summed E-state index contributed by atoms with van der Waals surface area (Å²) in [7, 11) is 1.68. The van der Waals surface area contributed by atoms with Crippen LogP contribution in [0, 0.1) is 0 Å². The van der Waals surface area contributed by atoms with Crippen LogP contribution in [0.1, 0.15) is 24.3 Å². The monoisotopic (exact) mass is 232 g/mol. The lowest BCUT2D eigenvalue weighted by Gasteiger charge is -2.01. The van der Waals surface area contributed by atoms with E-state index in [2.05, 4.69) is 5.16 Å². The highest BCUT2D eigenvalue weighted by Gasteiger charge is 2.09. The summed E-state index contributed by atoms with van der Waals surface area (Å²) in [6, 6.07) is 9.74. The number of rotatable bonds is 4. The van der Waals surface area contributed by atoms with Crippen LogP contribution >= 0.6 is 0 Å². The number of aromatic nitrogens is 1. The predicted molar refractivity (Wildman–Crippen MR) is 65.3 cm³/mol. The molecule has 0 saturated heterocycles. The quantitative estimate of drug-likeness (QED) is 0.879. The van der Waals surface area contributed by atoms with Crippen molar-refractivity contribution in [3.05, 3.63) is 41.7 Å². The fourth-order valence-electron chi connectivity index (χ4n) is 1.63. The van der Waals surface area contributed by atoms with E-state index in [-0.39, 0.29) is 6.04 Å². The molecule has 1 atom stereocenters. The molecule has 0 radical (unpaired) electrons. The lowest BCUT2D eigenvalue weighted by atomic mass is 10.1. The summed E-state index contributed by atoms with van der Waals surface area (Å²) in [5.41, 5.74) is 8.65. The van der Waals surface area contributed by atoms with Crippen LogP contribution in [0.5, 0.6) is 0 Å². The van der Waals surface area contributed by atoms with Crippen molar-refractivity contribution >= 4 is 0 Å². The highest BCUT2D eigenvalue weighted by atomic mass is 16.5. The molecule has 2 rings (SSSR count). The third-order valence-corrected chi connectivity index (χ3v) is 2.51. The fourth-order valence-corrected chi connectivity index (χ4v) is 1.63. The molecule has 0 amide bonds. The van der Waals surface area contributed by atoms with E-state index in [1.807, 2.05) is 37.3 Å². The molecular weight excluding hydrogens is 216 g/mol. The summed E-state index contributed by atoms with van der Waals surface area (Å²) in [6.45, 7) is 2.46. The SMILES string of the molecule is COCc1cccc(-c2cc(C(C)N)on2)c1. The minimum atomic E-state index is -0.140. The topological polar surface area (TPSA) is 61.3 Å². The molecule has 17 heavy (non-hydrogen) atoms. The van der Waals surface area contributed by atoms with Gasteiger partial charge < -0.3 is 15.0 Å². The van der Waals surface area contributed by atoms with E-state index in [4.69, 9.17) is 15.0 Å². The molecule has 4 nitrogen and oxygen atoms in total. The van der Waals surface area contributed by atoms with Crippen LogP contribution in [0.2, 0.25) is 0 Å². The Kier molecular flexibility index (Phi) is 3.56. The second-order valence-corrected chi connectivity index (χ2v) is 4.04. The smallest absolute Gasteiger partial charge is 0.153 e. The van der Waals surface area contributed by atoms with Crippen molar-refractivity contribution in [3.63, 3.8) is 0 Å². The van der Waals surface area contributed by atoms with Crippen LogP contribution in [-0.4, -0.2) is 12.3 Å². The molecule has 0 spiro atoms. The Morgan fingerprint density at radius 2 is 2.24 bits per heavy atom. The summed E-state index contributed by atoms with van der Waals surface area (Å²) in [6.07, 6.45) is 0. The lowest BCUT2D eigenvalue weighted by Crippen LogP contribution is -2.02. The van der Waals surface area contributed by atoms with E-state index < -0.39 is 0 Å². The van der Waals surface area contributed by atoms with Crippen molar-refractivity contribution in [2.45, 2.75) is 19.6 Å². The van der Waals surface area contributed by atoms with Gasteiger partial charge in [0.05, 0.1) is 12.6 Å². The Bertz CT molecular complexity index is 492. The van der Waals surface area contributed by atoms with Gasteiger partial charge in [-0.05, 0) is 18.6 Å². The Labute approximate surface area is 100 Å². The average Bonchev–Trinajstić information content (AvgIpc) is 2.79. The van der Waals surface area contributed by atoms with Crippen molar-refractivity contribution in [1.82, 2.24) is 5.16 Å². The molecule has 1 unspecified atom stereocenters. The second-order valence-electron chi connectivity index (χ2n) is 4.04. The van der Waals surface area contributed by atoms with E-state index >= 15 is 0 Å². The lowest BCUT2D eigenvalue weighted by molar-refractivity contribution is 0.185. The van der Waals surface area contributed by atoms with Crippen molar-refractivity contribution in [2.75, 3.05) is 7.11 Å². The van der Waals surface area contributed by atoms with Gasteiger partial charge in [0, 0.05) is 18.7 Å². The molecule has 4 heteroatoms. The summed E-state index contributed by atoms with van der Waals surface area (Å²) >= 11 is 0. The Hall–Kier alpha value is -1.65. The molecular formula is C13H16N2O2. The molecule has 2 aromatic rings. The maximum Gasteiger partial charge on any atom is 0.153 e. The van der Waals surface area contributed by atoms with Gasteiger partial charge in [-0.3, -0.25) is 0 Å². The molecule has 0 aliphatic carbocycles. The van der Waals surface area contributed by atoms with Gasteiger partial charge in [-0.25, -0.2) is 0 Å². The highest BCUT2D eigenvalue weighted by Crippen LogP contribution is 2.22. The van der Waals surface area contributed by atoms with Crippen LogP contribution in [0.3, 0.4) is 0 Å². The zero-order chi connectivity index (χ0) is 12.3. The number of nitrogens with zero attached hydrogens (tertiary/aromatic N) is 1. The molecule has 0 saturated carbocycles. The molecule has 0 aliphatic heterocycles. The van der Waals surface area contributed by atoms with Gasteiger partial charge in [-0.2, -0.15) is 0 Å². The van der Waals surface area contributed by atoms with E-state index in [0.717, 1.165) is 16.8 Å². The zero-order valence-corrected chi connectivity index (χ0v) is 10.0. The van der Waals surface area contributed by atoms with Crippen LogP contribution in [0.4, 0.5) is 0 Å². The molecule has 90 valence electrons. The third kappa shape index (κ3) is 2.72. The molecule has 1 aromatic heterocycles. The Morgan fingerprint density at radius 3 is 2.88 bits per heavy atom. The maximum absolute atomic E-state index is 5.73. The fraction of sp³-hybridized carbons (Fsp3) is 0.308. The number of benzene rings is 1. The number of methoxy groups -OCH3 is 1. The van der Waals surface area contributed by atoms with Gasteiger partial charge in [0.2, 0.25) is 0 Å². The van der Waals surface area contributed by atoms with Crippen molar-refractivity contribution < 1.29 is 9.26 Å². The highest BCUT2D eigenvalue weighted by molar-refractivity contribution is 5.59. The van der Waals surface area contributed by atoms with Gasteiger partial charge in [-0.15, -0.1) is 0 Å². The minimum Gasteiger partial charge on any atom is -0.380 e. The Balaban J connectivity index is 2.28. The molecule has 0 bridgehead atoms. The normalized spacial score (nSPS) is 12.6. The van der Waals surface area contributed by atoms with Gasteiger partial charge in [0.1, 0.15) is 5.69 Å². The van der Waals surface area contributed by atoms with E-state index in [1.54, 1.807) is 7.11 Å². The van der Waals surface area contributed by atoms with Crippen molar-refractivity contribution in [3.8, 4) is 11.3 Å². The van der Waals surface area contributed by atoms with E-state index in [9.17, 15) is 0 Å². The van der Waals surface area contributed by atoms with Crippen molar-refractivity contribution in [1.29, 1.82) is 0 Å². The van der Waals surface area contributed by atoms with Crippen LogP contribution in [-0.2, 0) is 11.3 Å². The third-order valence-electron chi connectivity index (χ3n) is 2.51. The molecule has 1 aromatic carbocycles. The first kappa shape index (κ1) is 11.8. The number of hydrogen-bond donors (Lipinski definition) is 1. The Morgan fingerprint density at radius 1 is 1.41 bits per heavy atom. The van der Waals surface area contributed by atoms with Gasteiger partial charge >= 0.3 is 0 Å². The summed E-state index contributed by atoms with van der Waals surface area (Å²) in [4.78, 5) is 0. The minimum absolute atomic E-state index is 0.140. The summed E-state index contributed by atoms with van der Waals surface area (Å²) in [5, 5.41) is 4.01. The largest absolute Gasteiger partial charge is 0.380 e. The molecule has 1 heterocycles. The first-order chi connectivity index (χ1) is 8.20. The van der Waals surface area contributed by atoms with Crippen LogP contribution in [0.15, 0.2) is 34.9 Å². The van der Waals surface area contributed by atoms with Gasteiger partial charge in [-0.1, -0.05) is 23.4 Å². The molecule has 2 N–H and O–H groups in total. The second kappa shape index (κ2) is 5.12. The summed E-state index contributed by atoms with van der Waals surface area (Å²) < 4.78 is 10.3. The van der Waals surface area contributed by atoms with Crippen LogP contribution in [0.25, 0.3) is 11.3 Å². The first-order valence-electron chi connectivity index (χ1n) is 5.51. The zero-order valence-electron chi connectivity index (χ0n) is 10.0. The average molecular weight is 232 g/mol. The van der Waals surface area contributed by atoms with Crippen molar-refractivity contribution in [2.24, 2.45) is 5.73 Å². The van der Waals surface area contributed by atoms with Gasteiger partial charge in [0.25, 0.3) is 0 Å². The number of ether oxygens (including phenoxy) is 1. The van der Waals surface area contributed by atoms with Gasteiger partial charge in [0.15, 0.2) is 5.76 Å². The predicted octanol–water partition coefficient (Wildman–Crippen LogP) is 2.51. The maximum atomic E-state index is 5.73. The summed E-state index contributed by atoms with van der Waals surface area (Å²) in [5.74, 6) is 0.692. The van der Waals surface area contributed by atoms with Crippen LogP contribution < -0.4 is 5.73 Å². The van der Waals surface area contributed by atoms with E-state index in [0.29, 0.717) is 12.4 Å². The first-order valence-corrected chi connectivity index (χ1v) is 5.51. The molecule has 0 fully saturated rings. The standard InChI is InChI=1S/C13H16N2O2/c1-9(14)13-7-12(15-17-13)11-5-3-4-10(6-11)8-16-2/h3-7,9H,8,14H2,1-2H3. The molecule has 0 aliphatic rings. The van der Waals surface area contributed by atoms with E-state index in [1.165, 1.54) is 0 Å².